The van der Waals surface area contributed by atoms with E-state index in [1.54, 1.807) is 0 Å². The molecule has 3 rings (SSSR count). The van der Waals surface area contributed by atoms with E-state index in [1.165, 1.54) is 11.3 Å². The Hall–Kier alpha value is -1.37. The van der Waals surface area contributed by atoms with Crippen molar-refractivity contribution in [3.63, 3.8) is 0 Å². The number of carbonyl (C=O) groups excluding carboxylic acids is 1. The van der Waals surface area contributed by atoms with Gasteiger partial charge in [0.15, 0.2) is 5.13 Å². The Balaban J connectivity index is 0.00000192. The highest BCUT2D eigenvalue weighted by Crippen LogP contribution is 2.30. The van der Waals surface area contributed by atoms with Gasteiger partial charge in [-0.25, -0.2) is 4.98 Å². The number of anilines is 1. The van der Waals surface area contributed by atoms with E-state index in [-0.39, 0.29) is 30.3 Å². The number of carbonyl (C=O) groups is 1. The number of nitrogens with two attached hydrogens (primary N) is 1. The Labute approximate surface area is 146 Å². The quantitative estimate of drug-likeness (QED) is 0.874. The molecule has 0 aliphatic heterocycles. The van der Waals surface area contributed by atoms with Gasteiger partial charge in [-0.15, -0.1) is 23.7 Å². The summed E-state index contributed by atoms with van der Waals surface area (Å²) in [6.07, 6.45) is 3.72. The molecule has 7 heteroatoms. The number of aromatic nitrogens is 1. The summed E-state index contributed by atoms with van der Waals surface area (Å²) in [5.41, 5.74) is 7.78. The van der Waals surface area contributed by atoms with E-state index in [0.717, 1.165) is 48.5 Å². The van der Waals surface area contributed by atoms with Crippen LogP contribution in [-0.2, 0) is 4.79 Å². The van der Waals surface area contributed by atoms with Gasteiger partial charge in [0, 0.05) is 22.9 Å². The predicted octanol–water partition coefficient (Wildman–Crippen LogP) is 3.90. The maximum Gasteiger partial charge on any atom is 0.229 e. The van der Waals surface area contributed by atoms with Crippen LogP contribution in [0.1, 0.15) is 37.2 Å². The lowest BCUT2D eigenvalue weighted by Gasteiger charge is -2.25. The monoisotopic (exact) mass is 355 g/mol. The normalized spacial score (nSPS) is 20.8. The van der Waals surface area contributed by atoms with Gasteiger partial charge in [-0.3, -0.25) is 4.79 Å². The molecule has 0 spiro atoms. The Kier molecular flexibility index (Phi) is 5.84. The first-order chi connectivity index (χ1) is 10.5. The summed E-state index contributed by atoms with van der Waals surface area (Å²) in [6.45, 7) is 3.83. The fourth-order valence-electron chi connectivity index (χ4n) is 3.01. The van der Waals surface area contributed by atoms with Gasteiger partial charge in [-0.1, -0.05) is 6.42 Å². The fraction of sp³-hybridized carbons (Fsp3) is 0.500. The van der Waals surface area contributed by atoms with Crippen LogP contribution < -0.4 is 11.1 Å². The largest absolute Gasteiger partial charge is 0.466 e. The van der Waals surface area contributed by atoms with Gasteiger partial charge < -0.3 is 15.5 Å². The van der Waals surface area contributed by atoms with Gasteiger partial charge in [-0.2, -0.15) is 0 Å². The standard InChI is InChI=1S/C16H21N3O2S.ClH/c1-9-6-13(10(2)21-9)14-8-22-16(18-14)19-15(20)11-4-3-5-12(17)7-11;/h6,8,11-12H,3-5,7,17H2,1-2H3,(H,18,19,20);1H. The first kappa shape index (κ1) is 18.0. The maximum absolute atomic E-state index is 12.3. The number of amides is 1. The van der Waals surface area contributed by atoms with Crippen LogP contribution in [0.25, 0.3) is 11.3 Å². The van der Waals surface area contributed by atoms with Crippen molar-refractivity contribution < 1.29 is 9.21 Å². The van der Waals surface area contributed by atoms with Crippen molar-refractivity contribution in [2.75, 3.05) is 5.32 Å². The van der Waals surface area contributed by atoms with Crippen LogP contribution in [0.3, 0.4) is 0 Å². The van der Waals surface area contributed by atoms with Crippen LogP contribution in [0.4, 0.5) is 5.13 Å². The smallest absolute Gasteiger partial charge is 0.229 e. The third kappa shape index (κ3) is 4.13. The fourth-order valence-corrected chi connectivity index (χ4v) is 3.73. The van der Waals surface area contributed by atoms with Crippen molar-refractivity contribution in [1.82, 2.24) is 4.98 Å². The molecule has 5 nitrogen and oxygen atoms in total. The van der Waals surface area contributed by atoms with E-state index in [9.17, 15) is 4.79 Å². The molecule has 0 radical (unpaired) electrons. The second kappa shape index (κ2) is 7.47. The van der Waals surface area contributed by atoms with Crippen molar-refractivity contribution in [1.29, 1.82) is 0 Å². The molecule has 2 aromatic rings. The SMILES string of the molecule is Cc1cc(-c2csc(NC(=O)C3CCCC(N)C3)n2)c(C)o1.Cl. The summed E-state index contributed by atoms with van der Waals surface area (Å²) in [6, 6.07) is 2.11. The summed E-state index contributed by atoms with van der Waals surface area (Å²) in [5.74, 6) is 1.76. The number of hydrogen-bond acceptors (Lipinski definition) is 5. The topological polar surface area (TPSA) is 81.2 Å². The summed E-state index contributed by atoms with van der Waals surface area (Å²) < 4.78 is 5.53. The summed E-state index contributed by atoms with van der Waals surface area (Å²) in [4.78, 5) is 16.8. The third-order valence-electron chi connectivity index (χ3n) is 4.14. The summed E-state index contributed by atoms with van der Waals surface area (Å²) in [7, 11) is 0. The molecule has 1 aliphatic rings. The zero-order chi connectivity index (χ0) is 15.7. The highest BCUT2D eigenvalue weighted by Gasteiger charge is 2.26. The van der Waals surface area contributed by atoms with Crippen LogP contribution in [0.2, 0.25) is 0 Å². The molecule has 2 unspecified atom stereocenters. The Morgan fingerprint density at radius 3 is 2.87 bits per heavy atom. The van der Waals surface area contributed by atoms with Crippen LogP contribution in [0.5, 0.6) is 0 Å². The molecular weight excluding hydrogens is 334 g/mol. The zero-order valence-electron chi connectivity index (χ0n) is 13.3. The lowest BCUT2D eigenvalue weighted by atomic mass is 9.86. The van der Waals surface area contributed by atoms with E-state index >= 15 is 0 Å². The third-order valence-corrected chi connectivity index (χ3v) is 4.89. The van der Waals surface area contributed by atoms with Gasteiger partial charge in [0.1, 0.15) is 11.5 Å². The number of aryl methyl sites for hydroxylation is 2. The predicted molar refractivity (Wildman–Crippen MR) is 95.1 cm³/mol. The van der Waals surface area contributed by atoms with Gasteiger partial charge >= 0.3 is 0 Å². The lowest BCUT2D eigenvalue weighted by Crippen LogP contribution is -2.34. The minimum atomic E-state index is 0. The molecule has 126 valence electrons. The van der Waals surface area contributed by atoms with E-state index < -0.39 is 0 Å². The molecule has 23 heavy (non-hydrogen) atoms. The zero-order valence-corrected chi connectivity index (χ0v) is 14.9. The van der Waals surface area contributed by atoms with Crippen molar-refractivity contribution >= 4 is 34.8 Å². The Morgan fingerprint density at radius 1 is 1.43 bits per heavy atom. The molecule has 0 bridgehead atoms. The van der Waals surface area contributed by atoms with Crippen molar-refractivity contribution in [2.45, 2.75) is 45.6 Å². The number of nitrogens with zero attached hydrogens (tertiary/aromatic N) is 1. The van der Waals surface area contributed by atoms with Crippen LogP contribution in [0, 0.1) is 19.8 Å². The van der Waals surface area contributed by atoms with Crippen LogP contribution in [0.15, 0.2) is 15.9 Å². The van der Waals surface area contributed by atoms with E-state index in [2.05, 4.69) is 10.3 Å². The van der Waals surface area contributed by atoms with E-state index in [1.807, 2.05) is 25.3 Å². The summed E-state index contributed by atoms with van der Waals surface area (Å²) in [5, 5.41) is 5.51. The molecule has 2 aromatic heterocycles. The average Bonchev–Trinajstić information content (AvgIpc) is 3.05. The molecule has 1 amide bonds. The van der Waals surface area contributed by atoms with Crippen molar-refractivity contribution in [3.05, 3.63) is 23.0 Å². The summed E-state index contributed by atoms with van der Waals surface area (Å²) >= 11 is 1.44. The minimum absolute atomic E-state index is 0. The number of rotatable bonds is 3. The molecule has 0 aromatic carbocycles. The Morgan fingerprint density at radius 2 is 2.22 bits per heavy atom. The molecule has 3 N–H and O–H groups in total. The molecular formula is C16H22ClN3O2S. The molecule has 0 saturated heterocycles. The van der Waals surface area contributed by atoms with Gasteiger partial charge in [0.2, 0.25) is 5.91 Å². The van der Waals surface area contributed by atoms with Crippen molar-refractivity contribution in [3.8, 4) is 11.3 Å². The average molecular weight is 356 g/mol. The molecule has 2 heterocycles. The number of halogens is 1. The number of hydrogen-bond donors (Lipinski definition) is 2. The first-order valence-electron chi connectivity index (χ1n) is 7.62. The van der Waals surface area contributed by atoms with E-state index in [0.29, 0.717) is 5.13 Å². The first-order valence-corrected chi connectivity index (χ1v) is 8.50. The Bertz CT molecular complexity index is 683. The second-order valence-corrected chi connectivity index (χ2v) is 6.84. The highest BCUT2D eigenvalue weighted by molar-refractivity contribution is 7.14. The molecule has 1 saturated carbocycles. The van der Waals surface area contributed by atoms with Crippen molar-refractivity contribution in [2.24, 2.45) is 11.7 Å². The number of thiazole rings is 1. The van der Waals surface area contributed by atoms with Gasteiger partial charge in [-0.05, 0) is 39.2 Å². The second-order valence-electron chi connectivity index (χ2n) is 5.98. The maximum atomic E-state index is 12.3. The molecule has 1 fully saturated rings. The molecule has 2 atom stereocenters. The van der Waals surface area contributed by atoms with Crippen LogP contribution >= 0.6 is 23.7 Å². The molecule has 1 aliphatic carbocycles. The minimum Gasteiger partial charge on any atom is -0.466 e. The lowest BCUT2D eigenvalue weighted by molar-refractivity contribution is -0.120. The number of nitrogens with one attached hydrogen (secondary N) is 1. The number of furan rings is 1. The van der Waals surface area contributed by atoms with Gasteiger partial charge in [0.05, 0.1) is 5.69 Å². The van der Waals surface area contributed by atoms with Gasteiger partial charge in [0.25, 0.3) is 0 Å². The van der Waals surface area contributed by atoms with Crippen LogP contribution in [-0.4, -0.2) is 16.9 Å². The van der Waals surface area contributed by atoms with E-state index in [4.69, 9.17) is 10.2 Å². The highest BCUT2D eigenvalue weighted by atomic mass is 35.5.